The largest absolute Gasteiger partial charge is 0.384 e. The van der Waals surface area contributed by atoms with Gasteiger partial charge in [0.1, 0.15) is 0 Å². The van der Waals surface area contributed by atoms with Crippen LogP contribution in [-0.4, -0.2) is 37.1 Å². The fourth-order valence-corrected chi connectivity index (χ4v) is 3.42. The van der Waals surface area contributed by atoms with E-state index in [2.05, 4.69) is 85.0 Å². The number of aromatic nitrogens is 1. The molecule has 25 heavy (non-hydrogen) atoms. The summed E-state index contributed by atoms with van der Waals surface area (Å²) in [6.45, 7) is 2.03. The van der Waals surface area contributed by atoms with Crippen molar-refractivity contribution in [2.24, 2.45) is 0 Å². The van der Waals surface area contributed by atoms with E-state index >= 15 is 0 Å². The lowest BCUT2D eigenvalue weighted by molar-refractivity contribution is 0.405. The third kappa shape index (κ3) is 3.03. The molecular formula is C22H23N3. The molecule has 126 valence electrons. The Morgan fingerprint density at radius 1 is 0.840 bits per heavy atom. The van der Waals surface area contributed by atoms with E-state index in [0.717, 1.165) is 30.5 Å². The molecule has 0 radical (unpaired) electrons. The molecule has 0 fully saturated rings. The molecule has 0 amide bonds. The number of benzene rings is 3. The Kier molecular flexibility index (Phi) is 4.24. The summed E-state index contributed by atoms with van der Waals surface area (Å²) in [5, 5.41) is 8.51. The van der Waals surface area contributed by atoms with Gasteiger partial charge in [-0.15, -0.1) is 0 Å². The standard InChI is InChI=1S/C22H23N3/c1-25(2)15-7-14-23-21-18-10-5-6-11-20(18)24-22-17-9-4-3-8-16(17)12-13-19(21)22/h3-6,8-13H,7,14-15H2,1-2H3,(H,23,24). The number of fused-ring (bicyclic) bond motifs is 4. The van der Waals surface area contributed by atoms with Crippen LogP contribution >= 0.6 is 0 Å². The van der Waals surface area contributed by atoms with Crippen molar-refractivity contribution in [3.05, 3.63) is 60.7 Å². The first-order valence-electron chi connectivity index (χ1n) is 8.83. The summed E-state index contributed by atoms with van der Waals surface area (Å²) in [6, 6.07) is 21.3. The highest BCUT2D eigenvalue weighted by atomic mass is 15.1. The number of rotatable bonds is 5. The summed E-state index contributed by atoms with van der Waals surface area (Å²) in [5.74, 6) is 0. The van der Waals surface area contributed by atoms with Gasteiger partial charge in [-0.1, -0.05) is 54.6 Å². The quantitative estimate of drug-likeness (QED) is 0.320. The van der Waals surface area contributed by atoms with Gasteiger partial charge >= 0.3 is 0 Å². The number of nitrogens with zero attached hydrogens (tertiary/aromatic N) is 2. The monoisotopic (exact) mass is 329 g/mol. The lowest BCUT2D eigenvalue weighted by atomic mass is 10.0. The van der Waals surface area contributed by atoms with Crippen molar-refractivity contribution in [2.45, 2.75) is 6.42 Å². The number of anilines is 1. The maximum atomic E-state index is 4.97. The second-order valence-electron chi connectivity index (χ2n) is 6.77. The first-order chi connectivity index (χ1) is 12.2. The highest BCUT2D eigenvalue weighted by molar-refractivity contribution is 6.15. The molecule has 0 spiro atoms. The zero-order valence-corrected chi connectivity index (χ0v) is 14.8. The van der Waals surface area contributed by atoms with E-state index in [1.54, 1.807) is 0 Å². The first kappa shape index (κ1) is 15.9. The van der Waals surface area contributed by atoms with Crippen molar-refractivity contribution in [1.82, 2.24) is 9.88 Å². The maximum absolute atomic E-state index is 4.97. The first-order valence-corrected chi connectivity index (χ1v) is 8.83. The fourth-order valence-electron chi connectivity index (χ4n) is 3.42. The molecule has 1 N–H and O–H groups in total. The number of hydrogen-bond acceptors (Lipinski definition) is 3. The van der Waals surface area contributed by atoms with Crippen LogP contribution in [0.2, 0.25) is 0 Å². The molecule has 0 saturated carbocycles. The maximum Gasteiger partial charge on any atom is 0.0808 e. The van der Waals surface area contributed by atoms with Crippen LogP contribution in [0.5, 0.6) is 0 Å². The van der Waals surface area contributed by atoms with Crippen molar-refractivity contribution in [1.29, 1.82) is 0 Å². The molecule has 0 aliphatic rings. The predicted octanol–water partition coefficient (Wildman–Crippen LogP) is 4.90. The Morgan fingerprint density at radius 3 is 2.44 bits per heavy atom. The van der Waals surface area contributed by atoms with E-state index in [1.807, 2.05) is 0 Å². The minimum Gasteiger partial charge on any atom is -0.384 e. The second kappa shape index (κ2) is 6.69. The Balaban J connectivity index is 1.88. The van der Waals surface area contributed by atoms with Crippen LogP contribution in [0.1, 0.15) is 6.42 Å². The van der Waals surface area contributed by atoms with Gasteiger partial charge in [-0.3, -0.25) is 0 Å². The van der Waals surface area contributed by atoms with E-state index in [4.69, 9.17) is 4.98 Å². The Morgan fingerprint density at radius 2 is 1.60 bits per heavy atom. The third-order valence-electron chi connectivity index (χ3n) is 4.66. The molecule has 0 aliphatic carbocycles. The topological polar surface area (TPSA) is 28.2 Å². The average Bonchev–Trinajstić information content (AvgIpc) is 2.64. The summed E-state index contributed by atoms with van der Waals surface area (Å²) in [5.41, 5.74) is 3.32. The van der Waals surface area contributed by atoms with Gasteiger partial charge in [-0.05, 0) is 38.5 Å². The summed E-state index contributed by atoms with van der Waals surface area (Å²) < 4.78 is 0. The van der Waals surface area contributed by atoms with Crippen LogP contribution in [-0.2, 0) is 0 Å². The predicted molar refractivity (Wildman–Crippen MR) is 108 cm³/mol. The Bertz CT molecular complexity index is 1040. The van der Waals surface area contributed by atoms with Gasteiger partial charge in [0.2, 0.25) is 0 Å². The van der Waals surface area contributed by atoms with E-state index in [0.29, 0.717) is 0 Å². The van der Waals surface area contributed by atoms with E-state index in [9.17, 15) is 0 Å². The van der Waals surface area contributed by atoms with Gasteiger partial charge in [-0.2, -0.15) is 0 Å². The number of hydrogen-bond donors (Lipinski definition) is 1. The number of para-hydroxylation sites is 1. The van der Waals surface area contributed by atoms with Crippen LogP contribution < -0.4 is 5.32 Å². The summed E-state index contributed by atoms with van der Waals surface area (Å²) in [6.07, 6.45) is 1.11. The normalized spacial score (nSPS) is 11.6. The molecule has 1 heterocycles. The SMILES string of the molecule is CN(C)CCCNc1c2ccccc2nc2c1ccc1ccccc12. The number of pyridine rings is 1. The molecule has 3 heteroatoms. The Hall–Kier alpha value is -2.65. The molecule has 0 atom stereocenters. The van der Waals surface area contributed by atoms with Crippen LogP contribution in [0.25, 0.3) is 32.6 Å². The molecule has 3 aromatic carbocycles. The Labute approximate surface area is 148 Å². The van der Waals surface area contributed by atoms with E-state index in [1.165, 1.54) is 27.2 Å². The smallest absolute Gasteiger partial charge is 0.0808 e. The molecular weight excluding hydrogens is 306 g/mol. The molecule has 0 saturated heterocycles. The highest BCUT2D eigenvalue weighted by Gasteiger charge is 2.11. The van der Waals surface area contributed by atoms with E-state index in [-0.39, 0.29) is 0 Å². The average molecular weight is 329 g/mol. The highest BCUT2D eigenvalue weighted by Crippen LogP contribution is 2.34. The van der Waals surface area contributed by atoms with Gasteiger partial charge in [-0.25, -0.2) is 4.98 Å². The summed E-state index contributed by atoms with van der Waals surface area (Å²) in [7, 11) is 4.23. The van der Waals surface area contributed by atoms with Crippen LogP contribution in [0.4, 0.5) is 5.69 Å². The number of nitrogens with one attached hydrogen (secondary N) is 1. The molecule has 0 bridgehead atoms. The van der Waals surface area contributed by atoms with Gasteiger partial charge < -0.3 is 10.2 Å². The van der Waals surface area contributed by atoms with Crippen molar-refractivity contribution >= 4 is 38.3 Å². The molecule has 1 aromatic heterocycles. The zero-order valence-electron chi connectivity index (χ0n) is 14.8. The molecule has 4 aromatic rings. The van der Waals surface area contributed by atoms with E-state index < -0.39 is 0 Å². The zero-order chi connectivity index (χ0) is 17.2. The third-order valence-corrected chi connectivity index (χ3v) is 4.66. The lowest BCUT2D eigenvalue weighted by Crippen LogP contribution is -2.16. The van der Waals surface area contributed by atoms with Gasteiger partial charge in [0.15, 0.2) is 0 Å². The van der Waals surface area contributed by atoms with Crippen LogP contribution in [0, 0.1) is 0 Å². The molecule has 4 rings (SSSR count). The van der Waals surface area contributed by atoms with Gasteiger partial charge in [0, 0.05) is 22.7 Å². The van der Waals surface area contributed by atoms with Gasteiger partial charge in [0.25, 0.3) is 0 Å². The van der Waals surface area contributed by atoms with Crippen molar-refractivity contribution in [3.8, 4) is 0 Å². The minimum atomic E-state index is 0.952. The summed E-state index contributed by atoms with van der Waals surface area (Å²) in [4.78, 5) is 7.19. The van der Waals surface area contributed by atoms with Crippen LogP contribution in [0.3, 0.4) is 0 Å². The summed E-state index contributed by atoms with van der Waals surface area (Å²) >= 11 is 0. The molecule has 3 nitrogen and oxygen atoms in total. The van der Waals surface area contributed by atoms with Crippen LogP contribution in [0.15, 0.2) is 60.7 Å². The van der Waals surface area contributed by atoms with Crippen molar-refractivity contribution < 1.29 is 0 Å². The lowest BCUT2D eigenvalue weighted by Gasteiger charge is -2.15. The minimum absolute atomic E-state index is 0.952. The second-order valence-corrected chi connectivity index (χ2v) is 6.77. The van der Waals surface area contributed by atoms with Crippen molar-refractivity contribution in [3.63, 3.8) is 0 Å². The molecule has 0 aliphatic heterocycles. The fraction of sp³-hybridized carbons (Fsp3) is 0.227. The van der Waals surface area contributed by atoms with Gasteiger partial charge in [0.05, 0.1) is 16.7 Å². The molecule has 0 unspecified atom stereocenters. The van der Waals surface area contributed by atoms with Crippen molar-refractivity contribution in [2.75, 3.05) is 32.5 Å².